The van der Waals surface area contributed by atoms with Gasteiger partial charge in [0, 0.05) is 36.6 Å². The number of benzene rings is 2. The fourth-order valence-corrected chi connectivity index (χ4v) is 4.75. The fraction of sp³-hybridized carbons (Fsp3) is 0.364. The molecular weight excluding hydrogens is 480 g/mol. The number of carbonyl (C=O) groups is 2. The van der Waals surface area contributed by atoms with Gasteiger partial charge in [-0.15, -0.1) is 0 Å². The van der Waals surface area contributed by atoms with Gasteiger partial charge in [-0.1, -0.05) is 23.2 Å². The Balaban J connectivity index is 1.32. The van der Waals surface area contributed by atoms with E-state index in [1.165, 1.54) is 0 Å². The molecule has 2 aliphatic heterocycles. The molecule has 2 heterocycles. The Kier molecular flexibility index (Phi) is 6.74. The first-order chi connectivity index (χ1) is 15.6. The molecule has 176 valence electrons. The van der Waals surface area contributed by atoms with E-state index in [4.69, 9.17) is 28.9 Å². The Bertz CT molecular complexity index is 1100. The standard InChI is InChI=1S/C22H21Cl2F3N4O2/c23-12-1-2-16(24)20(5-12)29-22(33)31-10-14-7-15(31)9-30(14)21(32)6-13(28)3-11-4-18(26)19(27)8-17(11)25/h1-2,4-5,8,13-15H,3,6-7,9-10,28H2,(H,29,33)/t13-,14+,15-/m1/s1. The highest BCUT2D eigenvalue weighted by atomic mass is 35.5. The van der Waals surface area contributed by atoms with Crippen molar-refractivity contribution in [1.29, 1.82) is 0 Å². The number of anilines is 1. The molecule has 33 heavy (non-hydrogen) atoms. The summed E-state index contributed by atoms with van der Waals surface area (Å²) in [5, 5.41) is 3.55. The molecule has 2 fully saturated rings. The number of halogens is 5. The van der Waals surface area contributed by atoms with Crippen molar-refractivity contribution in [2.45, 2.75) is 37.4 Å². The lowest BCUT2D eigenvalue weighted by Gasteiger charge is -2.34. The van der Waals surface area contributed by atoms with Gasteiger partial charge in [-0.3, -0.25) is 4.79 Å². The average molecular weight is 501 g/mol. The summed E-state index contributed by atoms with van der Waals surface area (Å²) in [5.74, 6) is -3.58. The van der Waals surface area contributed by atoms with E-state index in [1.54, 1.807) is 28.0 Å². The summed E-state index contributed by atoms with van der Waals surface area (Å²) in [6, 6.07) is 4.59. The number of nitrogens with two attached hydrogens (primary N) is 1. The lowest BCUT2D eigenvalue weighted by molar-refractivity contribution is -0.133. The van der Waals surface area contributed by atoms with Gasteiger partial charge >= 0.3 is 6.03 Å². The molecule has 3 atom stereocenters. The topological polar surface area (TPSA) is 78.7 Å². The SMILES string of the molecule is N[C@@H](CC(=O)N1C[C@H]2C[C@H]1CN2C(=O)Nc1cc(Cl)ccc1Cl)Cc1cc(F)c(F)cc1F. The average Bonchev–Trinajstić information content (AvgIpc) is 3.36. The van der Waals surface area contributed by atoms with Crippen LogP contribution in [0, 0.1) is 17.5 Å². The van der Waals surface area contributed by atoms with Crippen molar-refractivity contribution in [2.24, 2.45) is 5.73 Å². The van der Waals surface area contributed by atoms with Gasteiger partial charge in [-0.25, -0.2) is 18.0 Å². The largest absolute Gasteiger partial charge is 0.336 e. The number of nitrogens with zero attached hydrogens (tertiary/aromatic N) is 2. The molecule has 0 unspecified atom stereocenters. The number of amides is 3. The van der Waals surface area contributed by atoms with E-state index >= 15 is 0 Å². The Hall–Kier alpha value is -2.49. The number of likely N-dealkylation sites (tertiary alicyclic amines) is 2. The number of fused-ring (bicyclic) bond motifs is 2. The number of carbonyl (C=O) groups excluding carboxylic acids is 2. The first-order valence-corrected chi connectivity index (χ1v) is 11.1. The molecule has 0 radical (unpaired) electrons. The van der Waals surface area contributed by atoms with Gasteiger partial charge in [0.1, 0.15) is 5.82 Å². The van der Waals surface area contributed by atoms with Crippen molar-refractivity contribution in [1.82, 2.24) is 9.80 Å². The highest BCUT2D eigenvalue weighted by Crippen LogP contribution is 2.33. The van der Waals surface area contributed by atoms with Crippen LogP contribution in [-0.2, 0) is 11.2 Å². The van der Waals surface area contributed by atoms with Gasteiger partial charge in [-0.2, -0.15) is 0 Å². The third-order valence-corrected chi connectivity index (χ3v) is 6.56. The van der Waals surface area contributed by atoms with Gasteiger partial charge in [0.15, 0.2) is 11.6 Å². The summed E-state index contributed by atoms with van der Waals surface area (Å²) in [4.78, 5) is 28.8. The zero-order valence-electron chi connectivity index (χ0n) is 17.3. The molecule has 0 spiro atoms. The number of rotatable bonds is 5. The highest BCUT2D eigenvalue weighted by Gasteiger charge is 2.47. The van der Waals surface area contributed by atoms with Crippen LogP contribution in [-0.4, -0.2) is 53.0 Å². The van der Waals surface area contributed by atoms with Crippen LogP contribution in [0.25, 0.3) is 0 Å². The van der Waals surface area contributed by atoms with E-state index in [2.05, 4.69) is 5.32 Å². The smallest absolute Gasteiger partial charge is 0.322 e. The molecule has 0 saturated carbocycles. The van der Waals surface area contributed by atoms with Gasteiger partial charge in [-0.05, 0) is 42.7 Å². The van der Waals surface area contributed by atoms with Crippen molar-refractivity contribution in [2.75, 3.05) is 18.4 Å². The molecule has 0 aromatic heterocycles. The van der Waals surface area contributed by atoms with Crippen molar-refractivity contribution in [3.63, 3.8) is 0 Å². The van der Waals surface area contributed by atoms with Gasteiger partial charge < -0.3 is 20.9 Å². The summed E-state index contributed by atoms with van der Waals surface area (Å²) in [6.07, 6.45) is 0.451. The first-order valence-electron chi connectivity index (χ1n) is 10.3. The van der Waals surface area contributed by atoms with Crippen LogP contribution in [0.3, 0.4) is 0 Å². The molecule has 2 saturated heterocycles. The summed E-state index contributed by atoms with van der Waals surface area (Å²) in [7, 11) is 0. The molecule has 4 rings (SSSR count). The van der Waals surface area contributed by atoms with Gasteiger partial charge in [0.25, 0.3) is 0 Å². The molecule has 11 heteroatoms. The Labute approximate surface area is 198 Å². The summed E-state index contributed by atoms with van der Waals surface area (Å²) in [5.41, 5.74) is 6.31. The highest BCUT2D eigenvalue weighted by molar-refractivity contribution is 6.35. The third-order valence-electron chi connectivity index (χ3n) is 6.00. The Morgan fingerprint density at radius 2 is 1.70 bits per heavy atom. The van der Waals surface area contributed by atoms with E-state index < -0.39 is 23.5 Å². The van der Waals surface area contributed by atoms with Crippen molar-refractivity contribution in [3.05, 3.63) is 63.4 Å². The third kappa shape index (κ3) is 5.05. The van der Waals surface area contributed by atoms with E-state index in [9.17, 15) is 22.8 Å². The maximum atomic E-state index is 13.9. The summed E-state index contributed by atoms with van der Waals surface area (Å²) < 4.78 is 40.3. The van der Waals surface area contributed by atoms with Gasteiger partial charge in [0.2, 0.25) is 5.91 Å². The molecule has 3 amide bonds. The molecule has 2 aliphatic rings. The van der Waals surface area contributed by atoms with Crippen LogP contribution in [0.1, 0.15) is 18.4 Å². The number of hydrogen-bond acceptors (Lipinski definition) is 3. The van der Waals surface area contributed by atoms with Crippen LogP contribution in [0.15, 0.2) is 30.3 Å². The molecule has 2 aromatic carbocycles. The Morgan fingerprint density at radius 3 is 2.39 bits per heavy atom. The van der Waals surface area contributed by atoms with Crippen LogP contribution in [0.4, 0.5) is 23.7 Å². The van der Waals surface area contributed by atoms with Crippen molar-refractivity contribution in [3.8, 4) is 0 Å². The first kappa shape index (κ1) is 23.7. The van der Waals surface area contributed by atoms with Crippen LogP contribution in [0.5, 0.6) is 0 Å². The molecule has 3 N–H and O–H groups in total. The van der Waals surface area contributed by atoms with Gasteiger partial charge in [0.05, 0.1) is 22.8 Å². The lowest BCUT2D eigenvalue weighted by atomic mass is 10.0. The number of nitrogens with one attached hydrogen (secondary N) is 1. The van der Waals surface area contributed by atoms with E-state index in [-0.39, 0.29) is 42.4 Å². The van der Waals surface area contributed by atoms with E-state index in [1.807, 2.05) is 0 Å². The Morgan fingerprint density at radius 1 is 1.03 bits per heavy atom. The zero-order valence-corrected chi connectivity index (χ0v) is 18.8. The predicted octanol–water partition coefficient (Wildman–Crippen LogP) is 4.19. The van der Waals surface area contributed by atoms with Crippen LogP contribution in [0.2, 0.25) is 10.0 Å². The van der Waals surface area contributed by atoms with Crippen molar-refractivity contribution >= 4 is 40.8 Å². The molecular formula is C22H21Cl2F3N4O2. The van der Waals surface area contributed by atoms with Crippen LogP contribution >= 0.6 is 23.2 Å². The van der Waals surface area contributed by atoms with Crippen molar-refractivity contribution < 1.29 is 22.8 Å². The molecule has 2 bridgehead atoms. The predicted molar refractivity (Wildman–Crippen MR) is 119 cm³/mol. The maximum absolute atomic E-state index is 13.9. The minimum Gasteiger partial charge on any atom is -0.336 e. The minimum absolute atomic E-state index is 0.0774. The van der Waals surface area contributed by atoms with E-state index in [0.29, 0.717) is 41.3 Å². The monoisotopic (exact) mass is 500 g/mol. The zero-order chi connectivity index (χ0) is 23.9. The molecule has 6 nitrogen and oxygen atoms in total. The second-order valence-corrected chi connectivity index (χ2v) is 9.17. The normalized spacial score (nSPS) is 20.3. The summed E-state index contributed by atoms with van der Waals surface area (Å²) in [6.45, 7) is 0.708. The molecule has 0 aliphatic carbocycles. The summed E-state index contributed by atoms with van der Waals surface area (Å²) >= 11 is 12.1. The van der Waals surface area contributed by atoms with E-state index in [0.717, 1.165) is 6.07 Å². The van der Waals surface area contributed by atoms with Crippen LogP contribution < -0.4 is 11.1 Å². The fourth-order valence-electron chi connectivity index (χ4n) is 4.42. The second kappa shape index (κ2) is 9.40. The lowest BCUT2D eigenvalue weighted by Crippen LogP contribution is -2.52. The minimum atomic E-state index is -1.28. The quantitative estimate of drug-likeness (QED) is 0.604. The number of urea groups is 1. The maximum Gasteiger partial charge on any atom is 0.322 e. The second-order valence-electron chi connectivity index (χ2n) is 8.32. The number of hydrogen-bond donors (Lipinski definition) is 2. The molecule has 2 aromatic rings. The number of piperazine rings is 1.